The molecule has 0 aliphatic heterocycles. The molecule has 0 saturated heterocycles. The predicted molar refractivity (Wildman–Crippen MR) is 56.6 cm³/mol. The van der Waals surface area contributed by atoms with E-state index >= 15 is 0 Å². The first-order chi connectivity index (χ1) is 6.81. The van der Waals surface area contributed by atoms with Crippen LogP contribution in [0, 0.1) is 0 Å². The predicted octanol–water partition coefficient (Wildman–Crippen LogP) is 2.25. The van der Waals surface area contributed by atoms with E-state index in [-0.39, 0.29) is 0 Å². The summed E-state index contributed by atoms with van der Waals surface area (Å²) in [7, 11) is 1.63. The quantitative estimate of drug-likeness (QED) is 0.433. The van der Waals surface area contributed by atoms with Gasteiger partial charge in [0, 0.05) is 4.90 Å². The van der Waals surface area contributed by atoms with E-state index in [1.807, 2.05) is 24.5 Å². The zero-order valence-electron chi connectivity index (χ0n) is 8.11. The van der Waals surface area contributed by atoms with Gasteiger partial charge in [-0.2, -0.15) is 0 Å². The summed E-state index contributed by atoms with van der Waals surface area (Å²) in [5, 5.41) is 0. The van der Waals surface area contributed by atoms with Gasteiger partial charge in [0.15, 0.2) is 0 Å². The van der Waals surface area contributed by atoms with Crippen LogP contribution in [0.5, 0.6) is 5.75 Å². The molecule has 0 spiro atoms. The number of carbonyl (C=O) groups excluding carboxylic acids is 1. The van der Waals surface area contributed by atoms with E-state index in [1.165, 1.54) is 6.08 Å². The molecule has 0 bridgehead atoms. The van der Waals surface area contributed by atoms with Crippen molar-refractivity contribution >= 4 is 17.8 Å². The summed E-state index contributed by atoms with van der Waals surface area (Å²) in [6.45, 7) is 0.356. The second-order valence-corrected chi connectivity index (χ2v) is 3.44. The highest BCUT2D eigenvalue weighted by atomic mass is 32.2. The van der Waals surface area contributed by atoms with Crippen LogP contribution in [0.15, 0.2) is 28.1 Å². The first-order valence-electron chi connectivity index (χ1n) is 4.06. The van der Waals surface area contributed by atoms with E-state index in [0.29, 0.717) is 6.54 Å². The lowest BCUT2D eigenvalue weighted by Gasteiger charge is -2.06. The normalized spacial score (nSPS) is 9.29. The van der Waals surface area contributed by atoms with Crippen LogP contribution in [0.25, 0.3) is 0 Å². The van der Waals surface area contributed by atoms with Gasteiger partial charge in [0.2, 0.25) is 6.08 Å². The number of aliphatic imine (C=N–C) groups is 1. The van der Waals surface area contributed by atoms with E-state index in [2.05, 4.69) is 4.99 Å². The summed E-state index contributed by atoms with van der Waals surface area (Å²) in [4.78, 5) is 14.5. The molecular formula is C10H11NO2S. The molecule has 0 fully saturated rings. The van der Waals surface area contributed by atoms with Crippen LogP contribution in [0.1, 0.15) is 5.56 Å². The first-order valence-corrected chi connectivity index (χ1v) is 5.29. The Labute approximate surface area is 87.2 Å². The minimum Gasteiger partial charge on any atom is -0.496 e. The molecule has 74 valence electrons. The van der Waals surface area contributed by atoms with Crippen molar-refractivity contribution in [2.75, 3.05) is 13.4 Å². The minimum absolute atomic E-state index is 0.356. The number of nitrogens with zero attached hydrogens (tertiary/aromatic N) is 1. The molecular weight excluding hydrogens is 198 g/mol. The molecule has 1 aromatic rings. The van der Waals surface area contributed by atoms with E-state index in [4.69, 9.17) is 4.74 Å². The van der Waals surface area contributed by atoms with Crippen LogP contribution in [0.4, 0.5) is 0 Å². The lowest BCUT2D eigenvalue weighted by molar-refractivity contribution is 0.404. The van der Waals surface area contributed by atoms with Crippen LogP contribution in [0.2, 0.25) is 0 Å². The molecule has 0 atom stereocenters. The van der Waals surface area contributed by atoms with Crippen molar-refractivity contribution in [2.24, 2.45) is 4.99 Å². The SMILES string of the molecule is COc1cc(CN=C=O)ccc1SC. The molecule has 0 aliphatic rings. The summed E-state index contributed by atoms with van der Waals surface area (Å²) in [5.41, 5.74) is 0.947. The van der Waals surface area contributed by atoms with Gasteiger partial charge < -0.3 is 4.74 Å². The van der Waals surface area contributed by atoms with Crippen LogP contribution < -0.4 is 4.74 Å². The van der Waals surface area contributed by atoms with Gasteiger partial charge in [0.25, 0.3) is 0 Å². The number of methoxy groups -OCH3 is 1. The van der Waals surface area contributed by atoms with Crippen LogP contribution >= 0.6 is 11.8 Å². The molecule has 0 aromatic heterocycles. The third kappa shape index (κ3) is 2.62. The monoisotopic (exact) mass is 209 g/mol. The maximum absolute atomic E-state index is 9.93. The third-order valence-electron chi connectivity index (χ3n) is 1.77. The van der Waals surface area contributed by atoms with Gasteiger partial charge in [0.1, 0.15) is 5.75 Å². The minimum atomic E-state index is 0.356. The van der Waals surface area contributed by atoms with E-state index in [0.717, 1.165) is 16.2 Å². The van der Waals surface area contributed by atoms with Gasteiger partial charge in [-0.1, -0.05) is 6.07 Å². The number of hydrogen-bond acceptors (Lipinski definition) is 4. The fraction of sp³-hybridized carbons (Fsp3) is 0.300. The highest BCUT2D eigenvalue weighted by molar-refractivity contribution is 7.98. The Hall–Kier alpha value is -1.25. The second-order valence-electron chi connectivity index (χ2n) is 2.60. The van der Waals surface area contributed by atoms with Crippen molar-refractivity contribution in [1.82, 2.24) is 0 Å². The van der Waals surface area contributed by atoms with Crippen molar-refractivity contribution in [3.8, 4) is 5.75 Å². The number of thioether (sulfide) groups is 1. The molecule has 0 N–H and O–H groups in total. The average molecular weight is 209 g/mol. The molecule has 3 nitrogen and oxygen atoms in total. The molecule has 4 heteroatoms. The van der Waals surface area contributed by atoms with E-state index in [9.17, 15) is 4.79 Å². The van der Waals surface area contributed by atoms with Crippen molar-refractivity contribution in [2.45, 2.75) is 11.4 Å². The standard InChI is InChI=1S/C10H11NO2S/c1-13-9-5-8(6-11-7-12)3-4-10(9)14-2/h3-5H,6H2,1-2H3. The highest BCUT2D eigenvalue weighted by Crippen LogP contribution is 2.28. The molecule has 1 aromatic carbocycles. The number of ether oxygens (including phenoxy) is 1. The number of hydrogen-bond donors (Lipinski definition) is 0. The van der Waals surface area contributed by atoms with Gasteiger partial charge in [-0.15, -0.1) is 11.8 Å². The highest BCUT2D eigenvalue weighted by Gasteiger charge is 2.02. The maximum Gasteiger partial charge on any atom is 0.235 e. The summed E-state index contributed by atoms with van der Waals surface area (Å²) in [5.74, 6) is 0.816. The molecule has 0 radical (unpaired) electrons. The summed E-state index contributed by atoms with van der Waals surface area (Å²) >= 11 is 1.62. The van der Waals surface area contributed by atoms with Gasteiger partial charge in [-0.3, -0.25) is 0 Å². The molecule has 0 unspecified atom stereocenters. The fourth-order valence-corrected chi connectivity index (χ4v) is 1.65. The van der Waals surface area contributed by atoms with Gasteiger partial charge in [-0.05, 0) is 24.0 Å². The summed E-state index contributed by atoms with van der Waals surface area (Å²) in [6, 6.07) is 5.76. The molecule has 0 aliphatic carbocycles. The van der Waals surface area contributed by atoms with Gasteiger partial charge in [0.05, 0.1) is 13.7 Å². The molecule has 14 heavy (non-hydrogen) atoms. The smallest absolute Gasteiger partial charge is 0.235 e. The van der Waals surface area contributed by atoms with Gasteiger partial charge >= 0.3 is 0 Å². The number of benzene rings is 1. The van der Waals surface area contributed by atoms with Crippen molar-refractivity contribution in [3.05, 3.63) is 23.8 Å². The zero-order chi connectivity index (χ0) is 10.4. The number of rotatable bonds is 4. The first kappa shape index (κ1) is 10.8. The number of isocyanates is 1. The Bertz CT molecular complexity index is 359. The van der Waals surface area contributed by atoms with Gasteiger partial charge in [-0.25, -0.2) is 9.79 Å². The van der Waals surface area contributed by atoms with Crippen molar-refractivity contribution in [1.29, 1.82) is 0 Å². The zero-order valence-corrected chi connectivity index (χ0v) is 8.93. The molecule has 0 saturated carbocycles. The second kappa shape index (κ2) is 5.47. The lowest BCUT2D eigenvalue weighted by atomic mass is 10.2. The molecule has 0 amide bonds. The Balaban J connectivity index is 2.94. The van der Waals surface area contributed by atoms with Crippen LogP contribution in [-0.4, -0.2) is 19.4 Å². The maximum atomic E-state index is 9.93. The van der Waals surface area contributed by atoms with Crippen LogP contribution in [-0.2, 0) is 11.3 Å². The summed E-state index contributed by atoms with van der Waals surface area (Å²) in [6.07, 6.45) is 3.50. The van der Waals surface area contributed by atoms with E-state index < -0.39 is 0 Å². The Morgan fingerprint density at radius 2 is 2.36 bits per heavy atom. The summed E-state index contributed by atoms with van der Waals surface area (Å²) < 4.78 is 5.20. The Morgan fingerprint density at radius 1 is 1.57 bits per heavy atom. The largest absolute Gasteiger partial charge is 0.496 e. The fourth-order valence-electron chi connectivity index (χ4n) is 1.10. The Kier molecular flexibility index (Phi) is 4.23. The molecule has 1 rings (SSSR count). The Morgan fingerprint density at radius 3 is 2.93 bits per heavy atom. The topological polar surface area (TPSA) is 38.7 Å². The lowest BCUT2D eigenvalue weighted by Crippen LogP contribution is -1.89. The average Bonchev–Trinajstić information content (AvgIpc) is 2.25. The van der Waals surface area contributed by atoms with Crippen molar-refractivity contribution < 1.29 is 9.53 Å². The van der Waals surface area contributed by atoms with E-state index in [1.54, 1.807) is 18.9 Å². The molecule has 0 heterocycles. The third-order valence-corrected chi connectivity index (χ3v) is 2.55. The van der Waals surface area contributed by atoms with Crippen molar-refractivity contribution in [3.63, 3.8) is 0 Å². The van der Waals surface area contributed by atoms with Crippen LogP contribution in [0.3, 0.4) is 0 Å².